The first-order valence-corrected chi connectivity index (χ1v) is 19.9. The Hall–Kier alpha value is -0.790. The number of aryl methyl sites for hydroxylation is 2. The van der Waals surface area contributed by atoms with Crippen LogP contribution >= 0.6 is 0 Å². The fourth-order valence-corrected chi connectivity index (χ4v) is 6.68. The van der Waals surface area contributed by atoms with Gasteiger partial charge in [-0.2, -0.15) is 0 Å². The van der Waals surface area contributed by atoms with Crippen LogP contribution in [-0.2, 0) is 19.5 Å². The highest BCUT2D eigenvalue weighted by molar-refractivity contribution is 4.84. The summed E-state index contributed by atoms with van der Waals surface area (Å²) in [5, 5.41) is 0. The van der Waals surface area contributed by atoms with Crippen LogP contribution in [-0.4, -0.2) is 4.57 Å². The van der Waals surface area contributed by atoms with E-state index < -0.39 is 0 Å². The third-order valence-electron chi connectivity index (χ3n) is 9.60. The van der Waals surface area contributed by atoms with Crippen molar-refractivity contribution in [3.05, 3.63) is 18.2 Å². The molecule has 1 rings (SSSR count). The highest BCUT2D eigenvalue weighted by atomic mass is 15.1. The number of aromatic nitrogens is 2. The second-order valence-electron chi connectivity index (χ2n) is 13.8. The molecule has 0 aliphatic carbocycles. The Balaban J connectivity index is 2.25. The Morgan fingerprint density at radius 1 is 0.405 bits per heavy atom. The molecule has 0 aromatic carbocycles. The van der Waals surface area contributed by atoms with Crippen molar-refractivity contribution < 1.29 is 4.57 Å². The van der Waals surface area contributed by atoms with Gasteiger partial charge in [-0.3, -0.25) is 0 Å². The van der Waals surface area contributed by atoms with E-state index in [1.54, 1.807) is 5.82 Å². The predicted molar refractivity (Wildman–Crippen MR) is 188 cm³/mol. The molecule has 248 valence electrons. The van der Waals surface area contributed by atoms with Gasteiger partial charge in [0.2, 0.25) is 0 Å². The van der Waals surface area contributed by atoms with Gasteiger partial charge < -0.3 is 0 Å². The average molecular weight is 588 g/mol. The smallest absolute Gasteiger partial charge is 0.234 e. The van der Waals surface area contributed by atoms with Crippen molar-refractivity contribution >= 4 is 0 Å². The van der Waals surface area contributed by atoms with Crippen molar-refractivity contribution in [2.45, 2.75) is 239 Å². The van der Waals surface area contributed by atoms with Crippen molar-refractivity contribution in [1.29, 1.82) is 0 Å². The lowest BCUT2D eigenvalue weighted by Crippen LogP contribution is -2.37. The van der Waals surface area contributed by atoms with Crippen molar-refractivity contribution in [3.63, 3.8) is 0 Å². The lowest BCUT2D eigenvalue weighted by Gasteiger charge is -2.07. The summed E-state index contributed by atoms with van der Waals surface area (Å²) in [5.74, 6) is 1.62. The molecule has 2 nitrogen and oxygen atoms in total. The van der Waals surface area contributed by atoms with Gasteiger partial charge in [0.05, 0.1) is 13.1 Å². The summed E-state index contributed by atoms with van der Waals surface area (Å²) in [7, 11) is 0. The Morgan fingerprint density at radius 3 is 1.14 bits per heavy atom. The molecule has 2 heteroatoms. The van der Waals surface area contributed by atoms with Gasteiger partial charge in [-0.25, -0.2) is 9.13 Å². The van der Waals surface area contributed by atoms with Gasteiger partial charge in [0, 0.05) is 6.42 Å². The van der Waals surface area contributed by atoms with Crippen LogP contribution < -0.4 is 4.57 Å². The Morgan fingerprint density at radius 2 is 0.738 bits per heavy atom. The molecule has 0 aliphatic heterocycles. The molecule has 0 N–H and O–H groups in total. The summed E-state index contributed by atoms with van der Waals surface area (Å²) in [5.41, 5.74) is 0. The van der Waals surface area contributed by atoms with Gasteiger partial charge in [-0.1, -0.05) is 188 Å². The van der Waals surface area contributed by atoms with Crippen molar-refractivity contribution in [2.24, 2.45) is 0 Å². The van der Waals surface area contributed by atoms with E-state index in [4.69, 9.17) is 0 Å². The normalized spacial score (nSPS) is 11.6. The van der Waals surface area contributed by atoms with Crippen molar-refractivity contribution in [1.82, 2.24) is 4.57 Å². The molecule has 0 amide bonds. The van der Waals surface area contributed by atoms with E-state index >= 15 is 0 Å². The van der Waals surface area contributed by atoms with Gasteiger partial charge in [0.15, 0.2) is 0 Å². The highest BCUT2D eigenvalue weighted by Crippen LogP contribution is 2.15. The van der Waals surface area contributed by atoms with Crippen LogP contribution in [0.15, 0.2) is 12.4 Å². The molecule has 42 heavy (non-hydrogen) atoms. The Labute approximate surface area is 266 Å². The summed E-state index contributed by atoms with van der Waals surface area (Å²) in [4.78, 5) is 0. The standard InChI is InChI=1S/C40H79N2/c1-4-7-10-13-16-19-20-21-22-23-24-25-26-29-32-35-40-41(36-33-30-27-17-14-11-8-5-2)38-39-42(40)37-34-31-28-18-15-12-9-6-3/h38-39H,4-37H2,1-3H3/q+1. The number of nitrogens with zero attached hydrogens (tertiary/aromatic N) is 2. The largest absolute Gasteiger partial charge is 0.256 e. The van der Waals surface area contributed by atoms with Crippen LogP contribution in [0, 0.1) is 0 Å². The Bertz CT molecular complexity index is 611. The quantitative estimate of drug-likeness (QED) is 0.0560. The van der Waals surface area contributed by atoms with Crippen LogP contribution in [0.5, 0.6) is 0 Å². The van der Waals surface area contributed by atoms with E-state index in [0.717, 1.165) is 0 Å². The maximum absolute atomic E-state index is 2.63. The summed E-state index contributed by atoms with van der Waals surface area (Å²) in [6, 6.07) is 0. The molecule has 1 aromatic rings. The zero-order valence-electron chi connectivity index (χ0n) is 29.6. The molecule has 0 saturated carbocycles. The number of unbranched alkanes of at least 4 members (excludes halogenated alkanes) is 28. The minimum Gasteiger partial charge on any atom is -0.234 e. The monoisotopic (exact) mass is 588 g/mol. The molecule has 0 radical (unpaired) electrons. The zero-order valence-corrected chi connectivity index (χ0v) is 29.6. The highest BCUT2D eigenvalue weighted by Gasteiger charge is 2.16. The first-order chi connectivity index (χ1) is 20.8. The van der Waals surface area contributed by atoms with Crippen LogP contribution in [0.4, 0.5) is 0 Å². The summed E-state index contributed by atoms with van der Waals surface area (Å²) in [6.45, 7) is 9.40. The minimum absolute atomic E-state index is 1.23. The zero-order chi connectivity index (χ0) is 30.2. The minimum atomic E-state index is 1.23. The van der Waals surface area contributed by atoms with Crippen LogP contribution in [0.1, 0.15) is 226 Å². The number of hydrogen-bond acceptors (Lipinski definition) is 0. The number of rotatable bonds is 34. The van der Waals surface area contributed by atoms with Gasteiger partial charge in [0.1, 0.15) is 12.4 Å². The fraction of sp³-hybridized carbons (Fsp3) is 0.925. The van der Waals surface area contributed by atoms with Gasteiger partial charge in [-0.15, -0.1) is 0 Å². The van der Waals surface area contributed by atoms with Crippen molar-refractivity contribution in [2.75, 3.05) is 0 Å². The second kappa shape index (κ2) is 31.6. The van der Waals surface area contributed by atoms with E-state index in [1.807, 2.05) is 0 Å². The topological polar surface area (TPSA) is 8.81 Å². The Kier molecular flexibility index (Phi) is 29.5. The molecular formula is C40H79N2+. The maximum atomic E-state index is 2.63. The van der Waals surface area contributed by atoms with Gasteiger partial charge in [0.25, 0.3) is 5.82 Å². The second-order valence-corrected chi connectivity index (χ2v) is 13.8. The third-order valence-corrected chi connectivity index (χ3v) is 9.60. The molecule has 0 bridgehead atoms. The molecule has 0 aliphatic rings. The molecule has 0 atom stereocenters. The lowest BCUT2D eigenvalue weighted by molar-refractivity contribution is -0.704. The van der Waals surface area contributed by atoms with E-state index in [0.29, 0.717) is 0 Å². The molecule has 0 unspecified atom stereocenters. The molecule has 0 fully saturated rings. The summed E-state index contributed by atoms with van der Waals surface area (Å²) >= 11 is 0. The first kappa shape index (κ1) is 39.2. The first-order valence-electron chi connectivity index (χ1n) is 19.9. The fourth-order valence-electron chi connectivity index (χ4n) is 6.68. The molecule has 1 heterocycles. The average Bonchev–Trinajstić information content (AvgIpc) is 3.38. The third kappa shape index (κ3) is 23.6. The van der Waals surface area contributed by atoms with Crippen LogP contribution in [0.2, 0.25) is 0 Å². The van der Waals surface area contributed by atoms with E-state index in [-0.39, 0.29) is 0 Å². The van der Waals surface area contributed by atoms with E-state index in [2.05, 4.69) is 42.3 Å². The molecular weight excluding hydrogens is 508 g/mol. The number of imidazole rings is 1. The predicted octanol–water partition coefficient (Wildman–Crippen LogP) is 13.5. The molecule has 1 aromatic heterocycles. The number of hydrogen-bond donors (Lipinski definition) is 0. The van der Waals surface area contributed by atoms with Crippen LogP contribution in [0.25, 0.3) is 0 Å². The maximum Gasteiger partial charge on any atom is 0.256 e. The summed E-state index contributed by atoms with van der Waals surface area (Å²) < 4.78 is 5.26. The van der Waals surface area contributed by atoms with Gasteiger partial charge in [-0.05, 0) is 32.1 Å². The lowest BCUT2D eigenvalue weighted by atomic mass is 10.0. The molecule has 0 spiro atoms. The van der Waals surface area contributed by atoms with Gasteiger partial charge >= 0.3 is 0 Å². The van der Waals surface area contributed by atoms with Crippen LogP contribution in [0.3, 0.4) is 0 Å². The van der Waals surface area contributed by atoms with Crippen molar-refractivity contribution in [3.8, 4) is 0 Å². The summed E-state index contributed by atoms with van der Waals surface area (Å²) in [6.07, 6.45) is 50.4. The van der Waals surface area contributed by atoms with E-state index in [1.165, 1.54) is 219 Å². The van der Waals surface area contributed by atoms with E-state index in [9.17, 15) is 0 Å². The molecule has 0 saturated heterocycles. The SMILES string of the molecule is CCCCCCCCCCCCCCCCCc1n(CCCCCCCCCC)cc[n+]1CCCCCCCCCC.